The van der Waals surface area contributed by atoms with Crippen LogP contribution >= 0.6 is 0 Å². The monoisotopic (exact) mass is 497 g/mol. The van der Waals surface area contributed by atoms with Crippen molar-refractivity contribution in [3.05, 3.63) is 103 Å². The van der Waals surface area contributed by atoms with E-state index in [0.717, 1.165) is 27.1 Å². The van der Waals surface area contributed by atoms with E-state index in [1.54, 1.807) is 24.3 Å². The molecule has 0 aliphatic carbocycles. The van der Waals surface area contributed by atoms with Crippen molar-refractivity contribution in [1.82, 2.24) is 4.72 Å². The van der Waals surface area contributed by atoms with Gasteiger partial charge in [0, 0.05) is 11.1 Å². The number of aromatic hydroxyl groups is 1. The molecule has 0 aromatic heterocycles. The molecule has 0 aliphatic heterocycles. The van der Waals surface area contributed by atoms with Crippen LogP contribution in [0.15, 0.2) is 102 Å². The molecule has 0 heterocycles. The summed E-state index contributed by atoms with van der Waals surface area (Å²) < 4.78 is 33.2. The van der Waals surface area contributed by atoms with Gasteiger partial charge in [-0.2, -0.15) is 4.72 Å². The van der Waals surface area contributed by atoms with Crippen LogP contribution in [0.5, 0.6) is 11.5 Å². The Balaban J connectivity index is 1.52. The predicted molar refractivity (Wildman–Crippen MR) is 141 cm³/mol. The Labute approximate surface area is 208 Å². The van der Waals surface area contributed by atoms with E-state index in [0.29, 0.717) is 11.1 Å². The Hall–Kier alpha value is -4.20. The van der Waals surface area contributed by atoms with Gasteiger partial charge in [-0.1, -0.05) is 78.4 Å². The van der Waals surface area contributed by atoms with E-state index in [2.05, 4.69) is 4.72 Å². The van der Waals surface area contributed by atoms with Crippen molar-refractivity contribution in [1.29, 1.82) is 0 Å². The minimum atomic E-state index is -3.89. The quantitative estimate of drug-likeness (QED) is 0.237. The standard InChI is InChI=1S/C29H23NO5S/c1-19-10-14-22(15-11-19)36(33,34)30-18-27(32)35-26-17-13-21-7-3-5-9-24(21)29(26)28-23-8-4-2-6-20(23)12-16-25(28)31/h2-17,30-31H,18H2,1H3. The lowest BCUT2D eigenvalue weighted by Crippen LogP contribution is -2.32. The number of aryl methyl sites for hydroxylation is 1. The molecule has 5 aromatic carbocycles. The zero-order valence-corrected chi connectivity index (χ0v) is 20.2. The molecule has 0 unspecified atom stereocenters. The third kappa shape index (κ3) is 4.54. The van der Waals surface area contributed by atoms with E-state index in [9.17, 15) is 18.3 Å². The molecule has 0 fully saturated rings. The fraction of sp³-hybridized carbons (Fsp3) is 0.0690. The number of hydrogen-bond donors (Lipinski definition) is 2. The highest BCUT2D eigenvalue weighted by Crippen LogP contribution is 2.44. The zero-order valence-electron chi connectivity index (χ0n) is 19.4. The summed E-state index contributed by atoms with van der Waals surface area (Å²) >= 11 is 0. The maximum Gasteiger partial charge on any atom is 0.326 e. The van der Waals surface area contributed by atoms with Crippen molar-refractivity contribution in [2.45, 2.75) is 11.8 Å². The van der Waals surface area contributed by atoms with Crippen molar-refractivity contribution in [2.24, 2.45) is 0 Å². The largest absolute Gasteiger partial charge is 0.507 e. The van der Waals surface area contributed by atoms with Gasteiger partial charge in [-0.25, -0.2) is 8.42 Å². The lowest BCUT2D eigenvalue weighted by Gasteiger charge is -2.17. The van der Waals surface area contributed by atoms with Gasteiger partial charge >= 0.3 is 5.97 Å². The molecule has 0 atom stereocenters. The molecule has 5 rings (SSSR count). The summed E-state index contributed by atoms with van der Waals surface area (Å²) in [6.07, 6.45) is 0. The first-order chi connectivity index (χ1) is 17.3. The summed E-state index contributed by atoms with van der Waals surface area (Å²) in [5, 5.41) is 14.3. The number of esters is 1. The minimum absolute atomic E-state index is 0.0439. The van der Waals surface area contributed by atoms with E-state index in [1.807, 2.05) is 67.6 Å². The second-order valence-electron chi connectivity index (χ2n) is 8.45. The average Bonchev–Trinajstić information content (AvgIpc) is 2.88. The minimum Gasteiger partial charge on any atom is -0.507 e. The molecule has 0 radical (unpaired) electrons. The Morgan fingerprint density at radius 1 is 0.778 bits per heavy atom. The Kier molecular flexibility index (Phi) is 6.18. The van der Waals surface area contributed by atoms with Gasteiger partial charge in [-0.05, 0) is 52.7 Å². The molecule has 5 aromatic rings. The number of hydrogen-bond acceptors (Lipinski definition) is 5. The molecular formula is C29H23NO5S. The lowest BCUT2D eigenvalue weighted by molar-refractivity contribution is -0.133. The fourth-order valence-electron chi connectivity index (χ4n) is 4.23. The number of nitrogens with one attached hydrogen (secondary N) is 1. The third-order valence-corrected chi connectivity index (χ3v) is 7.43. The molecule has 6 nitrogen and oxygen atoms in total. The van der Waals surface area contributed by atoms with Crippen molar-refractivity contribution in [3.8, 4) is 22.6 Å². The molecule has 36 heavy (non-hydrogen) atoms. The second-order valence-corrected chi connectivity index (χ2v) is 10.2. The fourth-order valence-corrected chi connectivity index (χ4v) is 5.20. The van der Waals surface area contributed by atoms with Crippen LogP contribution in [0.4, 0.5) is 0 Å². The van der Waals surface area contributed by atoms with Gasteiger partial charge in [0.2, 0.25) is 10.0 Å². The van der Waals surface area contributed by atoms with Crippen LogP contribution in [-0.2, 0) is 14.8 Å². The first-order valence-corrected chi connectivity index (χ1v) is 12.8. The Morgan fingerprint density at radius 2 is 1.36 bits per heavy atom. The van der Waals surface area contributed by atoms with Crippen molar-refractivity contribution >= 4 is 37.5 Å². The second kappa shape index (κ2) is 9.45. The first kappa shape index (κ1) is 23.5. The molecule has 0 amide bonds. The molecule has 2 N–H and O–H groups in total. The molecular weight excluding hydrogens is 474 g/mol. The number of ether oxygens (including phenoxy) is 1. The van der Waals surface area contributed by atoms with Gasteiger partial charge in [0.05, 0.1) is 4.90 Å². The Bertz CT molecular complexity index is 1710. The van der Waals surface area contributed by atoms with Gasteiger partial charge in [-0.15, -0.1) is 0 Å². The smallest absolute Gasteiger partial charge is 0.326 e. The summed E-state index contributed by atoms with van der Waals surface area (Å²) in [6, 6.07) is 28.5. The van der Waals surface area contributed by atoms with Gasteiger partial charge in [0.15, 0.2) is 0 Å². The van der Waals surface area contributed by atoms with Crippen LogP contribution < -0.4 is 9.46 Å². The van der Waals surface area contributed by atoms with E-state index in [1.165, 1.54) is 12.1 Å². The molecule has 0 bridgehead atoms. The molecule has 7 heteroatoms. The number of sulfonamides is 1. The summed E-state index contributed by atoms with van der Waals surface area (Å²) in [5.74, 6) is -0.510. The van der Waals surface area contributed by atoms with E-state index in [-0.39, 0.29) is 16.4 Å². The normalized spacial score (nSPS) is 11.6. The van der Waals surface area contributed by atoms with E-state index >= 15 is 0 Å². The number of phenols is 1. The van der Waals surface area contributed by atoms with Crippen molar-refractivity contribution < 1.29 is 23.1 Å². The summed E-state index contributed by atoms with van der Waals surface area (Å²) in [7, 11) is -3.89. The van der Waals surface area contributed by atoms with Crippen LogP contribution in [0, 0.1) is 6.92 Å². The highest BCUT2D eigenvalue weighted by molar-refractivity contribution is 7.89. The SMILES string of the molecule is Cc1ccc(S(=O)(=O)NCC(=O)Oc2ccc3ccccc3c2-c2c(O)ccc3ccccc23)cc1. The number of fused-ring (bicyclic) bond motifs is 2. The summed E-state index contributed by atoms with van der Waals surface area (Å²) in [6.45, 7) is 1.31. The van der Waals surface area contributed by atoms with Gasteiger partial charge in [0.1, 0.15) is 18.0 Å². The highest BCUT2D eigenvalue weighted by Gasteiger charge is 2.21. The van der Waals surface area contributed by atoms with E-state index in [4.69, 9.17) is 4.74 Å². The van der Waals surface area contributed by atoms with Crippen LogP contribution in [-0.4, -0.2) is 26.0 Å². The van der Waals surface area contributed by atoms with Crippen LogP contribution in [0.1, 0.15) is 5.56 Å². The van der Waals surface area contributed by atoms with Crippen molar-refractivity contribution in [3.63, 3.8) is 0 Å². The maximum absolute atomic E-state index is 12.8. The zero-order chi connectivity index (χ0) is 25.3. The summed E-state index contributed by atoms with van der Waals surface area (Å²) in [5.41, 5.74) is 2.01. The number of benzene rings is 5. The highest BCUT2D eigenvalue weighted by atomic mass is 32.2. The molecule has 0 saturated carbocycles. The molecule has 0 aliphatic rings. The number of carbonyl (C=O) groups excluding carboxylic acids is 1. The number of phenolic OH excluding ortho intramolecular Hbond substituents is 1. The predicted octanol–water partition coefficient (Wildman–Crippen LogP) is 5.56. The average molecular weight is 498 g/mol. The molecule has 0 saturated heterocycles. The van der Waals surface area contributed by atoms with Crippen LogP contribution in [0.25, 0.3) is 32.7 Å². The molecule has 0 spiro atoms. The summed E-state index contributed by atoms with van der Waals surface area (Å²) in [4.78, 5) is 12.9. The topological polar surface area (TPSA) is 92.7 Å². The van der Waals surface area contributed by atoms with Gasteiger partial charge in [0.25, 0.3) is 0 Å². The van der Waals surface area contributed by atoms with Crippen LogP contribution in [0.2, 0.25) is 0 Å². The van der Waals surface area contributed by atoms with Crippen molar-refractivity contribution in [2.75, 3.05) is 6.54 Å². The lowest BCUT2D eigenvalue weighted by atomic mass is 9.92. The Morgan fingerprint density at radius 3 is 2.03 bits per heavy atom. The van der Waals surface area contributed by atoms with Gasteiger partial charge < -0.3 is 9.84 Å². The first-order valence-electron chi connectivity index (χ1n) is 11.3. The third-order valence-electron chi connectivity index (χ3n) is 6.01. The molecule has 180 valence electrons. The number of rotatable bonds is 6. The maximum atomic E-state index is 12.8. The van der Waals surface area contributed by atoms with Crippen LogP contribution in [0.3, 0.4) is 0 Å². The number of carbonyl (C=O) groups is 1. The van der Waals surface area contributed by atoms with Gasteiger partial charge in [-0.3, -0.25) is 4.79 Å². The van der Waals surface area contributed by atoms with E-state index < -0.39 is 22.5 Å².